The number of nitrogens with zero attached hydrogens (tertiary/aromatic N) is 3. The molecule has 1 saturated carbocycles. The van der Waals surface area contributed by atoms with Crippen molar-refractivity contribution in [3.8, 4) is 0 Å². The number of anilines is 1. The quantitative estimate of drug-likeness (QED) is 0.395. The second kappa shape index (κ2) is 7.99. The van der Waals surface area contributed by atoms with Gasteiger partial charge in [0.25, 0.3) is 5.56 Å². The van der Waals surface area contributed by atoms with Crippen LogP contribution in [-0.2, 0) is 23.3 Å². The number of carbonyl (C=O) groups excluding carboxylic acids is 1. The molecule has 0 saturated heterocycles. The Morgan fingerprint density at radius 2 is 2.03 bits per heavy atom. The van der Waals surface area contributed by atoms with Crippen molar-refractivity contribution < 1.29 is 4.79 Å². The predicted octanol–water partition coefficient (Wildman–Crippen LogP) is 3.68. The lowest BCUT2D eigenvalue weighted by Gasteiger charge is -2.16. The average molecular weight is 475 g/mol. The Morgan fingerprint density at radius 3 is 2.79 bits per heavy atom. The number of pyridine rings is 1. The summed E-state index contributed by atoms with van der Waals surface area (Å²) in [6, 6.07) is 13.0. The molecule has 1 aliphatic carbocycles. The van der Waals surface area contributed by atoms with E-state index >= 15 is 0 Å². The van der Waals surface area contributed by atoms with Crippen LogP contribution in [0.3, 0.4) is 0 Å². The lowest BCUT2D eigenvalue weighted by molar-refractivity contribution is -0.124. The highest BCUT2D eigenvalue weighted by molar-refractivity contribution is 6.30. The van der Waals surface area contributed by atoms with Gasteiger partial charge in [0, 0.05) is 41.0 Å². The van der Waals surface area contributed by atoms with Gasteiger partial charge in [0.15, 0.2) is 11.0 Å². The van der Waals surface area contributed by atoms with Crippen LogP contribution in [0.1, 0.15) is 42.3 Å². The summed E-state index contributed by atoms with van der Waals surface area (Å²) in [5, 5.41) is 7.39. The second-order valence-electron chi connectivity index (χ2n) is 9.09. The summed E-state index contributed by atoms with van der Waals surface area (Å²) in [7, 11) is 0. The van der Waals surface area contributed by atoms with Crippen molar-refractivity contribution in [1.82, 2.24) is 24.8 Å². The van der Waals surface area contributed by atoms with Gasteiger partial charge in [-0.2, -0.15) is 0 Å². The van der Waals surface area contributed by atoms with Crippen molar-refractivity contribution in [2.45, 2.75) is 43.8 Å². The minimum atomic E-state index is -0.617. The van der Waals surface area contributed by atoms with E-state index in [0.717, 1.165) is 35.0 Å². The monoisotopic (exact) mass is 474 g/mol. The largest absolute Gasteiger partial charge is 0.361 e. The number of H-pyrrole nitrogens is 1. The van der Waals surface area contributed by atoms with Crippen molar-refractivity contribution in [1.29, 1.82) is 0 Å². The molecule has 1 amide bonds. The molecule has 0 bridgehead atoms. The summed E-state index contributed by atoms with van der Waals surface area (Å²) in [6.07, 6.45) is 5.88. The number of halogens is 1. The number of fused-ring (bicyclic) bond motifs is 3. The molecular weight excluding hydrogens is 452 g/mol. The fraction of sp³-hybridized carbons (Fsp3) is 0.280. The van der Waals surface area contributed by atoms with Crippen LogP contribution in [0, 0.1) is 0 Å². The molecule has 0 unspecified atom stereocenters. The minimum absolute atomic E-state index is 0.163. The molecule has 4 heterocycles. The van der Waals surface area contributed by atoms with E-state index in [0.29, 0.717) is 30.4 Å². The topological polar surface area (TPSA) is 105 Å². The summed E-state index contributed by atoms with van der Waals surface area (Å²) in [4.78, 5) is 38.5. The first-order valence-electron chi connectivity index (χ1n) is 11.3. The maximum Gasteiger partial charge on any atom is 0.294 e. The molecule has 1 aliphatic heterocycles. The molecule has 172 valence electrons. The van der Waals surface area contributed by atoms with Crippen molar-refractivity contribution in [3.05, 3.63) is 87.3 Å². The Hall–Kier alpha value is -3.65. The van der Waals surface area contributed by atoms with E-state index in [9.17, 15) is 9.59 Å². The van der Waals surface area contributed by atoms with Gasteiger partial charge >= 0.3 is 0 Å². The SMILES string of the molecule is O=C(NCc1cc2cnccc2[nH]1)[C@@H]1CC2(CC2)c2c(Cl)nc(NCc3ccccc3)c(=O)n21. The van der Waals surface area contributed by atoms with Crippen LogP contribution in [0.4, 0.5) is 5.82 Å². The fourth-order valence-electron chi connectivity index (χ4n) is 4.97. The van der Waals surface area contributed by atoms with Crippen LogP contribution >= 0.6 is 11.6 Å². The highest BCUT2D eigenvalue weighted by Gasteiger charge is 2.56. The molecular formula is C25H23ClN6O2. The molecule has 9 heteroatoms. The normalized spacial score (nSPS) is 17.6. The predicted molar refractivity (Wildman–Crippen MR) is 130 cm³/mol. The molecule has 6 rings (SSSR count). The van der Waals surface area contributed by atoms with Crippen LogP contribution in [0.15, 0.2) is 59.7 Å². The second-order valence-corrected chi connectivity index (χ2v) is 9.45. The number of benzene rings is 1. The molecule has 1 fully saturated rings. The zero-order valence-electron chi connectivity index (χ0n) is 18.3. The Labute approximate surface area is 200 Å². The number of hydrogen-bond acceptors (Lipinski definition) is 5. The number of amides is 1. The fourth-order valence-corrected chi connectivity index (χ4v) is 5.35. The number of rotatable bonds is 6. The number of carbonyl (C=O) groups is 1. The third-order valence-corrected chi connectivity index (χ3v) is 7.12. The van der Waals surface area contributed by atoms with Gasteiger partial charge in [0.2, 0.25) is 5.91 Å². The van der Waals surface area contributed by atoms with Crippen molar-refractivity contribution in [3.63, 3.8) is 0 Å². The Kier molecular flexibility index (Phi) is 4.91. The lowest BCUT2D eigenvalue weighted by Crippen LogP contribution is -2.36. The van der Waals surface area contributed by atoms with Crippen LogP contribution < -0.4 is 16.2 Å². The molecule has 4 aromatic rings. The molecule has 34 heavy (non-hydrogen) atoms. The number of hydrogen-bond donors (Lipinski definition) is 3. The van der Waals surface area contributed by atoms with E-state index < -0.39 is 6.04 Å². The highest BCUT2D eigenvalue weighted by Crippen LogP contribution is 2.59. The Balaban J connectivity index is 1.26. The molecule has 1 atom stereocenters. The van der Waals surface area contributed by atoms with E-state index in [2.05, 4.69) is 25.6 Å². The van der Waals surface area contributed by atoms with Gasteiger partial charge in [-0.15, -0.1) is 0 Å². The third-order valence-electron chi connectivity index (χ3n) is 6.85. The molecule has 3 aromatic heterocycles. The highest BCUT2D eigenvalue weighted by atomic mass is 35.5. The lowest BCUT2D eigenvalue weighted by atomic mass is 9.99. The Morgan fingerprint density at radius 1 is 1.21 bits per heavy atom. The average Bonchev–Trinajstić information content (AvgIpc) is 3.35. The van der Waals surface area contributed by atoms with Crippen molar-refractivity contribution in [2.24, 2.45) is 0 Å². The van der Waals surface area contributed by atoms with Crippen LogP contribution in [0.5, 0.6) is 0 Å². The van der Waals surface area contributed by atoms with Gasteiger partial charge < -0.3 is 15.6 Å². The molecule has 8 nitrogen and oxygen atoms in total. The van der Waals surface area contributed by atoms with Gasteiger partial charge in [0.05, 0.1) is 12.2 Å². The van der Waals surface area contributed by atoms with E-state index in [-0.39, 0.29) is 22.7 Å². The van der Waals surface area contributed by atoms with Gasteiger partial charge in [-0.1, -0.05) is 41.9 Å². The van der Waals surface area contributed by atoms with Crippen LogP contribution in [0.2, 0.25) is 5.15 Å². The molecule has 2 aliphatic rings. The Bertz CT molecular complexity index is 1420. The summed E-state index contributed by atoms with van der Waals surface area (Å²) in [5.41, 5.74) is 3.02. The maximum absolute atomic E-state index is 13.4. The summed E-state index contributed by atoms with van der Waals surface area (Å²) in [5.74, 6) is -0.0311. The van der Waals surface area contributed by atoms with E-state index in [1.165, 1.54) is 0 Å². The summed E-state index contributed by atoms with van der Waals surface area (Å²) >= 11 is 6.59. The van der Waals surface area contributed by atoms with Gasteiger partial charge in [0.1, 0.15) is 6.04 Å². The minimum Gasteiger partial charge on any atom is -0.361 e. The molecule has 0 radical (unpaired) electrons. The smallest absolute Gasteiger partial charge is 0.294 e. The number of aromatic amines is 1. The zero-order valence-corrected chi connectivity index (χ0v) is 19.1. The molecule has 1 spiro atoms. The van der Waals surface area contributed by atoms with E-state index in [4.69, 9.17) is 11.6 Å². The molecule has 3 N–H and O–H groups in total. The van der Waals surface area contributed by atoms with Gasteiger partial charge in [-0.05, 0) is 37.0 Å². The van der Waals surface area contributed by atoms with Crippen molar-refractivity contribution >= 4 is 34.2 Å². The zero-order chi connectivity index (χ0) is 23.3. The number of nitrogens with one attached hydrogen (secondary N) is 3. The van der Waals surface area contributed by atoms with E-state index in [1.54, 1.807) is 17.0 Å². The standard InChI is InChI=1S/C25H23ClN6O2/c26-21-20-25(7-8-25)11-19(23(33)29-14-17-10-16-13-27-9-6-18(16)30-17)32(20)24(34)22(31-21)28-12-15-4-2-1-3-5-15/h1-6,9-10,13,19,30H,7-8,11-12,14H2,(H,28,31)(H,29,33)/t19-/m0/s1. The van der Waals surface area contributed by atoms with Crippen LogP contribution in [-0.4, -0.2) is 25.4 Å². The van der Waals surface area contributed by atoms with Crippen molar-refractivity contribution in [2.75, 3.05) is 5.32 Å². The van der Waals surface area contributed by atoms with Crippen LogP contribution in [0.25, 0.3) is 10.9 Å². The first-order valence-corrected chi connectivity index (χ1v) is 11.7. The molecule has 1 aromatic carbocycles. The van der Waals surface area contributed by atoms with Gasteiger partial charge in [-0.3, -0.25) is 19.1 Å². The van der Waals surface area contributed by atoms with E-state index in [1.807, 2.05) is 42.5 Å². The first-order chi connectivity index (χ1) is 16.5. The third kappa shape index (κ3) is 3.54. The summed E-state index contributed by atoms with van der Waals surface area (Å²) < 4.78 is 1.57. The first kappa shape index (κ1) is 20.9. The number of aromatic nitrogens is 4. The summed E-state index contributed by atoms with van der Waals surface area (Å²) in [6.45, 7) is 0.773. The van der Waals surface area contributed by atoms with Gasteiger partial charge in [-0.25, -0.2) is 4.98 Å². The maximum atomic E-state index is 13.4.